The van der Waals surface area contributed by atoms with Crippen LogP contribution in [-0.4, -0.2) is 43.1 Å². The SMILES string of the molecule is COCCN(C)C(=O)C1(C(N)=S)CCC1. The Bertz CT molecular complexity index is 264. The summed E-state index contributed by atoms with van der Waals surface area (Å²) in [6, 6.07) is 0. The van der Waals surface area contributed by atoms with Gasteiger partial charge < -0.3 is 15.4 Å². The zero-order chi connectivity index (χ0) is 11.5. The highest BCUT2D eigenvalue weighted by Crippen LogP contribution is 2.42. The molecule has 0 saturated heterocycles. The van der Waals surface area contributed by atoms with Gasteiger partial charge in [-0.25, -0.2) is 0 Å². The van der Waals surface area contributed by atoms with Crippen molar-refractivity contribution in [3.8, 4) is 0 Å². The zero-order valence-electron chi connectivity index (χ0n) is 9.28. The molecule has 2 N–H and O–H groups in total. The first kappa shape index (κ1) is 12.4. The van der Waals surface area contributed by atoms with E-state index in [0.29, 0.717) is 18.1 Å². The topological polar surface area (TPSA) is 55.6 Å². The van der Waals surface area contributed by atoms with Crippen LogP contribution in [0.3, 0.4) is 0 Å². The summed E-state index contributed by atoms with van der Waals surface area (Å²) in [5.41, 5.74) is 5.10. The summed E-state index contributed by atoms with van der Waals surface area (Å²) in [6.07, 6.45) is 2.61. The third-order valence-corrected chi connectivity index (χ3v) is 3.46. The van der Waals surface area contributed by atoms with E-state index in [-0.39, 0.29) is 5.91 Å². The Labute approximate surface area is 95.8 Å². The van der Waals surface area contributed by atoms with Gasteiger partial charge in [0, 0.05) is 20.7 Å². The van der Waals surface area contributed by atoms with E-state index in [1.165, 1.54) is 0 Å². The number of amides is 1. The van der Waals surface area contributed by atoms with E-state index in [4.69, 9.17) is 22.7 Å². The Balaban J connectivity index is 2.61. The van der Waals surface area contributed by atoms with Crippen LogP contribution in [0.5, 0.6) is 0 Å². The molecule has 0 heterocycles. The van der Waals surface area contributed by atoms with Crippen molar-refractivity contribution in [3.63, 3.8) is 0 Å². The summed E-state index contributed by atoms with van der Waals surface area (Å²) in [7, 11) is 3.38. The summed E-state index contributed by atoms with van der Waals surface area (Å²) >= 11 is 4.99. The fraction of sp³-hybridized carbons (Fsp3) is 0.800. The molecule has 0 bridgehead atoms. The number of carbonyl (C=O) groups excluding carboxylic acids is 1. The number of hydrogen-bond donors (Lipinski definition) is 1. The molecule has 1 amide bonds. The van der Waals surface area contributed by atoms with Crippen LogP contribution in [0.1, 0.15) is 19.3 Å². The van der Waals surface area contributed by atoms with Crippen molar-refractivity contribution in [1.29, 1.82) is 0 Å². The number of ether oxygens (including phenoxy) is 1. The monoisotopic (exact) mass is 230 g/mol. The molecule has 0 radical (unpaired) electrons. The number of hydrogen-bond acceptors (Lipinski definition) is 3. The van der Waals surface area contributed by atoms with Gasteiger partial charge >= 0.3 is 0 Å². The van der Waals surface area contributed by atoms with Crippen LogP contribution >= 0.6 is 12.2 Å². The van der Waals surface area contributed by atoms with Crippen LogP contribution in [0.25, 0.3) is 0 Å². The van der Waals surface area contributed by atoms with Crippen LogP contribution in [-0.2, 0) is 9.53 Å². The van der Waals surface area contributed by atoms with Crippen LogP contribution in [0.15, 0.2) is 0 Å². The molecule has 0 aromatic carbocycles. The lowest BCUT2D eigenvalue weighted by Crippen LogP contribution is -2.54. The van der Waals surface area contributed by atoms with Crippen molar-refractivity contribution in [1.82, 2.24) is 4.90 Å². The number of carbonyl (C=O) groups is 1. The normalized spacial score (nSPS) is 18.0. The maximum absolute atomic E-state index is 12.1. The van der Waals surface area contributed by atoms with Gasteiger partial charge in [-0.1, -0.05) is 18.6 Å². The molecule has 86 valence electrons. The zero-order valence-corrected chi connectivity index (χ0v) is 10.1. The van der Waals surface area contributed by atoms with E-state index in [2.05, 4.69) is 0 Å². The standard InChI is InChI=1S/C10H18N2O2S/c1-12(6-7-14-2)9(13)10(8(11)15)4-3-5-10/h3-7H2,1-2H3,(H2,11,15). The number of rotatable bonds is 5. The summed E-state index contributed by atoms with van der Waals surface area (Å²) in [6.45, 7) is 1.12. The van der Waals surface area contributed by atoms with E-state index in [1.807, 2.05) is 0 Å². The van der Waals surface area contributed by atoms with Gasteiger partial charge in [0.15, 0.2) is 0 Å². The quantitative estimate of drug-likeness (QED) is 0.701. The van der Waals surface area contributed by atoms with Gasteiger partial charge in [-0.15, -0.1) is 0 Å². The second-order valence-electron chi connectivity index (χ2n) is 4.02. The number of nitrogens with two attached hydrogens (primary N) is 1. The molecular weight excluding hydrogens is 212 g/mol. The summed E-state index contributed by atoms with van der Waals surface area (Å²) < 4.78 is 4.93. The van der Waals surface area contributed by atoms with Crippen LogP contribution in [0.4, 0.5) is 0 Å². The van der Waals surface area contributed by atoms with Crippen LogP contribution in [0, 0.1) is 5.41 Å². The van der Waals surface area contributed by atoms with Gasteiger partial charge in [0.2, 0.25) is 5.91 Å². The highest BCUT2D eigenvalue weighted by molar-refractivity contribution is 7.80. The second kappa shape index (κ2) is 4.90. The van der Waals surface area contributed by atoms with Gasteiger partial charge in [0.05, 0.1) is 17.0 Å². The smallest absolute Gasteiger partial charge is 0.235 e. The van der Waals surface area contributed by atoms with E-state index in [1.54, 1.807) is 19.1 Å². The largest absolute Gasteiger partial charge is 0.392 e. The van der Waals surface area contributed by atoms with Crippen molar-refractivity contribution in [2.75, 3.05) is 27.3 Å². The molecule has 0 aromatic rings. The first-order chi connectivity index (χ1) is 7.04. The molecule has 1 aliphatic carbocycles. The summed E-state index contributed by atoms with van der Waals surface area (Å²) in [5, 5.41) is 0. The van der Waals surface area contributed by atoms with Crippen LogP contribution < -0.4 is 5.73 Å². The third kappa shape index (κ3) is 2.29. The lowest BCUT2D eigenvalue weighted by molar-refractivity contribution is -0.141. The lowest BCUT2D eigenvalue weighted by atomic mass is 9.67. The highest BCUT2D eigenvalue weighted by Gasteiger charge is 2.48. The first-order valence-corrected chi connectivity index (χ1v) is 5.50. The molecule has 0 unspecified atom stereocenters. The Morgan fingerprint density at radius 3 is 2.53 bits per heavy atom. The molecule has 1 rings (SSSR count). The van der Waals surface area contributed by atoms with Crippen molar-refractivity contribution >= 4 is 23.1 Å². The maximum Gasteiger partial charge on any atom is 0.235 e. The van der Waals surface area contributed by atoms with E-state index in [9.17, 15) is 4.79 Å². The van der Waals surface area contributed by atoms with E-state index in [0.717, 1.165) is 19.3 Å². The predicted molar refractivity (Wildman–Crippen MR) is 62.6 cm³/mol. The lowest BCUT2D eigenvalue weighted by Gasteiger charge is -2.41. The predicted octanol–water partition coefficient (Wildman–Crippen LogP) is 0.548. The second-order valence-corrected chi connectivity index (χ2v) is 4.46. The molecule has 0 aliphatic heterocycles. The Kier molecular flexibility index (Phi) is 4.04. The number of methoxy groups -OCH3 is 1. The molecule has 0 aromatic heterocycles. The number of likely N-dealkylation sites (N-methyl/N-ethyl adjacent to an activating group) is 1. The van der Waals surface area contributed by atoms with Crippen molar-refractivity contribution in [2.45, 2.75) is 19.3 Å². The minimum Gasteiger partial charge on any atom is -0.392 e. The molecule has 15 heavy (non-hydrogen) atoms. The van der Waals surface area contributed by atoms with Gasteiger partial charge in [0.25, 0.3) is 0 Å². The molecule has 0 atom stereocenters. The van der Waals surface area contributed by atoms with Crippen molar-refractivity contribution < 1.29 is 9.53 Å². The minimum absolute atomic E-state index is 0.0401. The average molecular weight is 230 g/mol. The van der Waals surface area contributed by atoms with E-state index < -0.39 is 5.41 Å². The molecule has 1 saturated carbocycles. The fourth-order valence-corrected chi connectivity index (χ4v) is 2.08. The molecule has 1 aliphatic rings. The molecule has 1 fully saturated rings. The maximum atomic E-state index is 12.1. The number of nitrogens with zero attached hydrogens (tertiary/aromatic N) is 1. The molecule has 5 heteroatoms. The van der Waals surface area contributed by atoms with Crippen molar-refractivity contribution in [3.05, 3.63) is 0 Å². The highest BCUT2D eigenvalue weighted by atomic mass is 32.1. The fourth-order valence-electron chi connectivity index (χ4n) is 1.79. The van der Waals surface area contributed by atoms with Gasteiger partial charge in [-0.2, -0.15) is 0 Å². The third-order valence-electron chi connectivity index (χ3n) is 3.07. The summed E-state index contributed by atoms with van der Waals surface area (Å²) in [5.74, 6) is 0.0401. The molecule has 0 spiro atoms. The molecular formula is C10H18N2O2S. The Morgan fingerprint density at radius 1 is 1.60 bits per heavy atom. The average Bonchev–Trinajstić information content (AvgIpc) is 2.11. The van der Waals surface area contributed by atoms with Gasteiger partial charge in [0.1, 0.15) is 0 Å². The van der Waals surface area contributed by atoms with Crippen LogP contribution in [0.2, 0.25) is 0 Å². The van der Waals surface area contributed by atoms with Gasteiger partial charge in [-0.05, 0) is 12.8 Å². The molecule has 4 nitrogen and oxygen atoms in total. The Hall–Kier alpha value is -0.680. The number of thiocarbonyl (C=S) groups is 1. The Morgan fingerprint density at radius 2 is 2.20 bits per heavy atom. The van der Waals surface area contributed by atoms with Crippen molar-refractivity contribution in [2.24, 2.45) is 11.1 Å². The van der Waals surface area contributed by atoms with Gasteiger partial charge in [-0.3, -0.25) is 4.79 Å². The van der Waals surface area contributed by atoms with E-state index >= 15 is 0 Å². The first-order valence-electron chi connectivity index (χ1n) is 5.09. The minimum atomic E-state index is -0.558. The summed E-state index contributed by atoms with van der Waals surface area (Å²) in [4.78, 5) is 14.1.